The fraction of sp³-hybridized carbons (Fsp3) is 0.700. The van der Waals surface area contributed by atoms with E-state index in [0.717, 1.165) is 18.4 Å². The largest absolute Gasteiger partial charge is 0.314 e. The molecular weight excluding hydrogens is 254 g/mol. The molecule has 1 fully saturated rings. The van der Waals surface area contributed by atoms with E-state index >= 15 is 0 Å². The molecule has 0 spiro atoms. The minimum absolute atomic E-state index is 0.474. The van der Waals surface area contributed by atoms with Crippen LogP contribution in [0, 0.1) is 16.7 Å². The Morgan fingerprint density at radius 2 is 1.81 bits per heavy atom. The van der Waals surface area contributed by atoms with Crippen LogP contribution in [-0.4, -0.2) is 12.6 Å². The van der Waals surface area contributed by atoms with Gasteiger partial charge in [-0.05, 0) is 59.6 Å². The molecule has 0 aliphatic heterocycles. The quantitative estimate of drug-likeness (QED) is 0.794. The van der Waals surface area contributed by atoms with Crippen molar-refractivity contribution in [1.82, 2.24) is 5.32 Å². The first-order valence-electron chi connectivity index (χ1n) is 8.70. The molecule has 1 N–H and O–H groups in total. The number of hydrogen-bond acceptors (Lipinski definition) is 1. The predicted octanol–water partition coefficient (Wildman–Crippen LogP) is 4.77. The van der Waals surface area contributed by atoms with Crippen LogP contribution >= 0.6 is 0 Å². The van der Waals surface area contributed by atoms with Gasteiger partial charge in [0, 0.05) is 6.04 Å². The van der Waals surface area contributed by atoms with Crippen molar-refractivity contribution in [2.75, 3.05) is 6.54 Å². The number of nitrogens with one attached hydrogen (secondary N) is 1. The molecule has 2 aliphatic carbocycles. The van der Waals surface area contributed by atoms with Gasteiger partial charge in [-0.1, -0.05) is 58.9 Å². The Labute approximate surface area is 130 Å². The highest BCUT2D eigenvalue weighted by Gasteiger charge is 2.67. The van der Waals surface area contributed by atoms with Crippen molar-refractivity contribution in [3.63, 3.8) is 0 Å². The van der Waals surface area contributed by atoms with E-state index in [1.165, 1.54) is 19.3 Å². The molecule has 1 saturated carbocycles. The van der Waals surface area contributed by atoms with Crippen LogP contribution in [0.4, 0.5) is 0 Å². The Hall–Kier alpha value is -0.820. The van der Waals surface area contributed by atoms with Gasteiger partial charge in [-0.2, -0.15) is 0 Å². The molecule has 116 valence electrons. The summed E-state index contributed by atoms with van der Waals surface area (Å²) in [6.45, 7) is 13.2. The molecule has 1 heteroatoms. The van der Waals surface area contributed by atoms with Crippen molar-refractivity contribution in [1.29, 1.82) is 0 Å². The zero-order valence-electron chi connectivity index (χ0n) is 14.4. The van der Waals surface area contributed by atoms with Gasteiger partial charge in [0.2, 0.25) is 0 Å². The maximum Gasteiger partial charge on any atom is 0.0112 e. The highest BCUT2D eigenvalue weighted by atomic mass is 15.0. The van der Waals surface area contributed by atoms with E-state index < -0.39 is 0 Å². The number of fused-ring (bicyclic) bond motifs is 1. The second kappa shape index (κ2) is 5.12. The summed E-state index contributed by atoms with van der Waals surface area (Å²) in [6.07, 6.45) is 3.83. The standard InChI is InChI=1S/C20H31N/c1-6-11-21-17(18-19(2,3)20(18,4)5)13-15-12-14-9-7-8-10-16(14)15/h7-10,15,17-18,21H,6,11-13H2,1-5H3. The minimum atomic E-state index is 0.474. The van der Waals surface area contributed by atoms with E-state index in [1.54, 1.807) is 11.1 Å². The molecule has 0 radical (unpaired) electrons. The van der Waals surface area contributed by atoms with Gasteiger partial charge in [0.1, 0.15) is 0 Å². The third-order valence-corrected chi connectivity index (χ3v) is 6.69. The van der Waals surface area contributed by atoms with E-state index in [9.17, 15) is 0 Å². The third kappa shape index (κ3) is 2.34. The van der Waals surface area contributed by atoms with Gasteiger partial charge >= 0.3 is 0 Å². The second-order valence-corrected chi connectivity index (χ2v) is 8.32. The van der Waals surface area contributed by atoms with Crippen LogP contribution in [-0.2, 0) is 6.42 Å². The zero-order valence-corrected chi connectivity index (χ0v) is 14.4. The van der Waals surface area contributed by atoms with Crippen molar-refractivity contribution < 1.29 is 0 Å². The van der Waals surface area contributed by atoms with Crippen LogP contribution in [0.2, 0.25) is 0 Å². The summed E-state index contributed by atoms with van der Waals surface area (Å²) in [4.78, 5) is 0. The molecule has 1 aromatic rings. The first kappa shape index (κ1) is 15.1. The Balaban J connectivity index is 1.71. The fourth-order valence-electron chi connectivity index (χ4n) is 4.80. The number of benzene rings is 1. The van der Waals surface area contributed by atoms with E-state index in [-0.39, 0.29) is 0 Å². The zero-order chi connectivity index (χ0) is 15.3. The molecule has 2 aliphatic rings. The molecule has 0 aromatic heterocycles. The van der Waals surface area contributed by atoms with Crippen LogP contribution in [0.1, 0.15) is 64.5 Å². The number of rotatable bonds is 6. The first-order valence-corrected chi connectivity index (χ1v) is 8.70. The molecule has 3 rings (SSSR count). The van der Waals surface area contributed by atoms with Crippen molar-refractivity contribution in [2.24, 2.45) is 16.7 Å². The maximum atomic E-state index is 3.87. The summed E-state index contributed by atoms with van der Waals surface area (Å²) >= 11 is 0. The van der Waals surface area contributed by atoms with Crippen LogP contribution in [0.25, 0.3) is 0 Å². The normalized spacial score (nSPS) is 26.8. The van der Waals surface area contributed by atoms with E-state index in [1.807, 2.05) is 0 Å². The summed E-state index contributed by atoms with van der Waals surface area (Å²) in [6, 6.07) is 9.68. The molecule has 0 amide bonds. The van der Waals surface area contributed by atoms with Crippen molar-refractivity contribution >= 4 is 0 Å². The molecule has 0 saturated heterocycles. The Morgan fingerprint density at radius 3 is 2.38 bits per heavy atom. The molecule has 0 bridgehead atoms. The van der Waals surface area contributed by atoms with Crippen LogP contribution in [0.3, 0.4) is 0 Å². The molecule has 0 heterocycles. The van der Waals surface area contributed by atoms with Crippen LogP contribution in [0.5, 0.6) is 0 Å². The maximum absolute atomic E-state index is 3.87. The van der Waals surface area contributed by atoms with Gasteiger partial charge in [0.15, 0.2) is 0 Å². The second-order valence-electron chi connectivity index (χ2n) is 8.32. The lowest BCUT2D eigenvalue weighted by atomic mass is 9.73. The summed E-state index contributed by atoms with van der Waals surface area (Å²) in [7, 11) is 0. The van der Waals surface area contributed by atoms with E-state index in [4.69, 9.17) is 0 Å². The molecule has 21 heavy (non-hydrogen) atoms. The van der Waals surface area contributed by atoms with Gasteiger partial charge in [0.05, 0.1) is 0 Å². The lowest BCUT2D eigenvalue weighted by Crippen LogP contribution is -2.37. The van der Waals surface area contributed by atoms with Crippen molar-refractivity contribution in [3.8, 4) is 0 Å². The minimum Gasteiger partial charge on any atom is -0.314 e. The third-order valence-electron chi connectivity index (χ3n) is 6.69. The Bertz CT molecular complexity index is 500. The summed E-state index contributed by atoms with van der Waals surface area (Å²) in [5.41, 5.74) is 4.13. The lowest BCUT2D eigenvalue weighted by Gasteiger charge is -2.34. The number of hydrogen-bond donors (Lipinski definition) is 1. The van der Waals surface area contributed by atoms with Crippen molar-refractivity contribution in [3.05, 3.63) is 35.4 Å². The van der Waals surface area contributed by atoms with Crippen molar-refractivity contribution in [2.45, 2.75) is 65.8 Å². The Morgan fingerprint density at radius 1 is 1.14 bits per heavy atom. The fourth-order valence-corrected chi connectivity index (χ4v) is 4.80. The van der Waals surface area contributed by atoms with Crippen LogP contribution in [0.15, 0.2) is 24.3 Å². The highest BCUT2D eigenvalue weighted by Crippen LogP contribution is 2.70. The Kier molecular flexibility index (Phi) is 3.68. The summed E-state index contributed by atoms with van der Waals surface area (Å²) in [5, 5.41) is 3.87. The monoisotopic (exact) mass is 285 g/mol. The summed E-state index contributed by atoms with van der Waals surface area (Å²) < 4.78 is 0. The average molecular weight is 285 g/mol. The van der Waals surface area contributed by atoms with E-state index in [0.29, 0.717) is 16.9 Å². The van der Waals surface area contributed by atoms with E-state index in [2.05, 4.69) is 64.2 Å². The van der Waals surface area contributed by atoms with Crippen LogP contribution < -0.4 is 5.32 Å². The SMILES string of the molecule is CCCNC(CC1Cc2ccccc21)C1C(C)(C)C1(C)C. The van der Waals surface area contributed by atoms with Gasteiger partial charge in [-0.3, -0.25) is 0 Å². The van der Waals surface area contributed by atoms with Gasteiger partial charge in [0.25, 0.3) is 0 Å². The molecular formula is C20H31N. The topological polar surface area (TPSA) is 12.0 Å². The molecule has 1 nitrogen and oxygen atoms in total. The molecule has 1 aromatic carbocycles. The first-order chi connectivity index (χ1) is 9.89. The highest BCUT2D eigenvalue weighted by molar-refractivity contribution is 5.40. The van der Waals surface area contributed by atoms with Gasteiger partial charge < -0.3 is 5.32 Å². The summed E-state index contributed by atoms with van der Waals surface area (Å²) in [5.74, 6) is 1.59. The molecule has 2 unspecified atom stereocenters. The predicted molar refractivity (Wildman–Crippen MR) is 90.6 cm³/mol. The van der Waals surface area contributed by atoms with Gasteiger partial charge in [-0.25, -0.2) is 0 Å². The molecule has 2 atom stereocenters. The lowest BCUT2D eigenvalue weighted by molar-refractivity contribution is 0.342. The smallest absolute Gasteiger partial charge is 0.0112 e. The van der Waals surface area contributed by atoms with Gasteiger partial charge in [-0.15, -0.1) is 0 Å². The average Bonchev–Trinajstić information content (AvgIpc) is 2.81.